The smallest absolute Gasteiger partial charge is 0.298 e. The maximum Gasteiger partial charge on any atom is 0.342 e. The number of nitrogens with zero attached hydrogens (tertiary/aromatic N) is 5. The van der Waals surface area contributed by atoms with E-state index >= 15 is 0 Å². The number of azo groups is 1. The Kier molecular flexibility index (Phi) is 8.05. The normalized spacial score (nSPS) is 15.6. The van der Waals surface area contributed by atoms with Crippen molar-refractivity contribution >= 4 is 5.97 Å². The average molecular weight is 355 g/mol. The van der Waals surface area contributed by atoms with Gasteiger partial charge in [-0.15, -0.1) is 0 Å². The van der Waals surface area contributed by atoms with Crippen LogP contribution in [-0.4, -0.2) is 22.8 Å². The van der Waals surface area contributed by atoms with Crippen molar-refractivity contribution in [3.05, 3.63) is 10.4 Å². The Bertz CT molecular complexity index is 525. The second kappa shape index (κ2) is 8.63. The van der Waals surface area contributed by atoms with E-state index in [0.717, 1.165) is 6.42 Å². The summed E-state index contributed by atoms with van der Waals surface area (Å²) in [5.74, 6) is -0.535. The molecule has 0 aliphatic carbocycles. The van der Waals surface area contributed by atoms with Gasteiger partial charge in [0.15, 0.2) is 5.66 Å². The van der Waals surface area contributed by atoms with Crippen LogP contribution in [-0.2, 0) is 14.6 Å². The van der Waals surface area contributed by atoms with Crippen LogP contribution in [0.15, 0.2) is 15.3 Å². The van der Waals surface area contributed by atoms with Gasteiger partial charge in [-0.3, -0.25) is 4.89 Å². The summed E-state index contributed by atoms with van der Waals surface area (Å²) in [4.78, 5) is 25.0. The van der Waals surface area contributed by atoms with Gasteiger partial charge in [0.1, 0.15) is 5.60 Å². The molecule has 0 spiro atoms. The van der Waals surface area contributed by atoms with Crippen molar-refractivity contribution < 1.29 is 14.6 Å². The molecule has 8 nitrogen and oxygen atoms in total. The number of azide groups is 1. The topological polar surface area (TPSA) is 109 Å². The van der Waals surface area contributed by atoms with Gasteiger partial charge in [0.25, 0.3) is 0 Å². The predicted molar refractivity (Wildman–Crippen MR) is 96.7 cm³/mol. The molecule has 144 valence electrons. The fraction of sp³-hybridized carbons (Fsp3) is 0.941. The van der Waals surface area contributed by atoms with Crippen LogP contribution in [0.1, 0.15) is 81.6 Å². The highest BCUT2D eigenvalue weighted by atomic mass is 17.2. The zero-order valence-corrected chi connectivity index (χ0v) is 17.1. The molecule has 0 radical (unpaired) electrons. The van der Waals surface area contributed by atoms with Gasteiger partial charge in [-0.05, 0) is 65.3 Å². The molecule has 25 heavy (non-hydrogen) atoms. The molecular weight excluding hydrogens is 322 g/mol. The molecule has 0 saturated carbocycles. The SMILES string of the molecule is CC(C)(C)CC(C)(C)OOC(=O)CCC(C)(N=NC(C)(C)C)N=[N+]=[N-]. The fourth-order valence-electron chi connectivity index (χ4n) is 2.32. The first kappa shape index (κ1) is 23.3. The first-order chi connectivity index (χ1) is 11.1. The van der Waals surface area contributed by atoms with Crippen LogP contribution in [0.4, 0.5) is 0 Å². The molecule has 0 N–H and O–H groups in total. The molecule has 0 bridgehead atoms. The van der Waals surface area contributed by atoms with Crippen LogP contribution < -0.4 is 0 Å². The van der Waals surface area contributed by atoms with Crippen molar-refractivity contribution in [2.45, 2.75) is 98.4 Å². The Balaban J connectivity index is 4.69. The highest BCUT2D eigenvalue weighted by Gasteiger charge is 2.30. The Labute approximate surface area is 150 Å². The van der Waals surface area contributed by atoms with Crippen molar-refractivity contribution in [2.24, 2.45) is 20.8 Å². The summed E-state index contributed by atoms with van der Waals surface area (Å²) >= 11 is 0. The third-order valence-electron chi connectivity index (χ3n) is 2.94. The summed E-state index contributed by atoms with van der Waals surface area (Å²) < 4.78 is 0. The highest BCUT2D eigenvalue weighted by molar-refractivity contribution is 5.68. The third kappa shape index (κ3) is 12.4. The van der Waals surface area contributed by atoms with E-state index in [-0.39, 0.29) is 18.3 Å². The minimum absolute atomic E-state index is 0.00425. The van der Waals surface area contributed by atoms with Crippen molar-refractivity contribution in [2.75, 3.05) is 0 Å². The summed E-state index contributed by atoms with van der Waals surface area (Å²) in [6.07, 6.45) is 0.909. The van der Waals surface area contributed by atoms with Crippen LogP contribution in [0.2, 0.25) is 0 Å². The summed E-state index contributed by atoms with van der Waals surface area (Å²) in [6.45, 7) is 17.3. The van der Waals surface area contributed by atoms with Crippen LogP contribution in [0.3, 0.4) is 0 Å². The van der Waals surface area contributed by atoms with E-state index in [2.05, 4.69) is 41.0 Å². The molecule has 0 aliphatic heterocycles. The first-order valence-electron chi connectivity index (χ1n) is 8.46. The summed E-state index contributed by atoms with van der Waals surface area (Å²) in [6, 6.07) is 0. The molecule has 0 fully saturated rings. The van der Waals surface area contributed by atoms with Crippen LogP contribution >= 0.6 is 0 Å². The first-order valence-corrected chi connectivity index (χ1v) is 8.46. The molecule has 0 aliphatic rings. The Morgan fingerprint density at radius 2 is 1.56 bits per heavy atom. The predicted octanol–water partition coefficient (Wildman–Crippen LogP) is 5.73. The molecule has 8 heteroatoms. The average Bonchev–Trinajstić information content (AvgIpc) is 2.38. The van der Waals surface area contributed by atoms with Crippen LogP contribution in [0.5, 0.6) is 0 Å². The van der Waals surface area contributed by atoms with E-state index in [1.54, 1.807) is 6.92 Å². The summed E-state index contributed by atoms with van der Waals surface area (Å²) in [5, 5.41) is 11.9. The zero-order valence-electron chi connectivity index (χ0n) is 17.1. The molecule has 0 amide bonds. The molecular formula is C17H33N5O3. The van der Waals surface area contributed by atoms with Gasteiger partial charge in [0, 0.05) is 4.91 Å². The minimum Gasteiger partial charge on any atom is -0.298 e. The van der Waals surface area contributed by atoms with Gasteiger partial charge in [-0.25, -0.2) is 4.79 Å². The Hall–Kier alpha value is -1.66. The van der Waals surface area contributed by atoms with Gasteiger partial charge in [0.05, 0.1) is 12.0 Å². The lowest BCUT2D eigenvalue weighted by Gasteiger charge is -2.30. The van der Waals surface area contributed by atoms with Crippen LogP contribution in [0.25, 0.3) is 10.4 Å². The molecule has 0 aromatic carbocycles. The maximum atomic E-state index is 12.0. The van der Waals surface area contributed by atoms with Gasteiger partial charge < -0.3 is 0 Å². The summed E-state index contributed by atoms with van der Waals surface area (Å²) in [7, 11) is 0. The van der Waals surface area contributed by atoms with E-state index in [4.69, 9.17) is 15.3 Å². The number of carbonyl (C=O) groups is 1. The van der Waals surface area contributed by atoms with E-state index in [9.17, 15) is 4.79 Å². The molecule has 0 aromatic heterocycles. The monoisotopic (exact) mass is 355 g/mol. The number of carbonyl (C=O) groups excluding carboxylic acids is 1. The molecule has 1 atom stereocenters. The third-order valence-corrected chi connectivity index (χ3v) is 2.94. The van der Waals surface area contributed by atoms with E-state index in [1.165, 1.54) is 0 Å². The maximum absolute atomic E-state index is 12.0. The molecule has 0 saturated heterocycles. The molecule has 1 unspecified atom stereocenters. The highest BCUT2D eigenvalue weighted by Crippen LogP contribution is 2.30. The standard InChI is InChI=1S/C17H33N5O3/c1-14(2,3)12-16(7,8)25-24-13(23)10-11-17(9,21-22-18)20-19-15(4,5)6/h10-12H2,1-9H3. The van der Waals surface area contributed by atoms with Crippen molar-refractivity contribution in [1.82, 2.24) is 0 Å². The van der Waals surface area contributed by atoms with Crippen LogP contribution in [0, 0.1) is 5.41 Å². The van der Waals surface area contributed by atoms with Gasteiger partial charge in [-0.1, -0.05) is 25.9 Å². The van der Waals surface area contributed by atoms with Crippen molar-refractivity contribution in [3.8, 4) is 0 Å². The molecule has 0 heterocycles. The van der Waals surface area contributed by atoms with Crippen molar-refractivity contribution in [1.29, 1.82) is 0 Å². The number of rotatable bonds is 8. The van der Waals surface area contributed by atoms with E-state index < -0.39 is 22.8 Å². The summed E-state index contributed by atoms with van der Waals surface area (Å²) in [5.41, 5.74) is 6.65. The molecule has 0 aromatic rings. The van der Waals surface area contributed by atoms with Crippen molar-refractivity contribution in [3.63, 3.8) is 0 Å². The Morgan fingerprint density at radius 1 is 1.00 bits per heavy atom. The van der Waals surface area contributed by atoms with Gasteiger partial charge in [-0.2, -0.15) is 15.1 Å². The quantitative estimate of drug-likeness (QED) is 0.182. The lowest BCUT2D eigenvalue weighted by molar-refractivity contribution is -0.329. The Morgan fingerprint density at radius 3 is 2.00 bits per heavy atom. The zero-order chi connectivity index (χ0) is 19.9. The number of hydrogen-bond acceptors (Lipinski definition) is 6. The second-order valence-corrected chi connectivity index (χ2v) is 9.31. The van der Waals surface area contributed by atoms with E-state index in [0.29, 0.717) is 0 Å². The van der Waals surface area contributed by atoms with Gasteiger partial charge >= 0.3 is 5.97 Å². The molecule has 0 rings (SSSR count). The number of hydrogen-bond donors (Lipinski definition) is 0. The lowest BCUT2D eigenvalue weighted by Crippen LogP contribution is -2.31. The lowest BCUT2D eigenvalue weighted by atomic mass is 9.84. The minimum atomic E-state index is -1.14. The largest absolute Gasteiger partial charge is 0.342 e. The van der Waals surface area contributed by atoms with Gasteiger partial charge in [0.2, 0.25) is 0 Å². The second-order valence-electron chi connectivity index (χ2n) is 9.31. The fourth-order valence-corrected chi connectivity index (χ4v) is 2.32. The van der Waals surface area contributed by atoms with E-state index in [1.807, 2.05) is 34.6 Å².